The maximum atomic E-state index is 12.2. The molecular weight excluding hydrogens is 408 g/mol. The molecule has 0 aliphatic carbocycles. The second kappa shape index (κ2) is 6.71. The van der Waals surface area contributed by atoms with Gasteiger partial charge in [-0.3, -0.25) is 0 Å². The zero-order valence-electron chi connectivity index (χ0n) is 16.4. The quantitative estimate of drug-likeness (QED) is 0.642. The Morgan fingerprint density at radius 1 is 0.968 bits per heavy atom. The Kier molecular flexibility index (Phi) is 3.93. The van der Waals surface area contributed by atoms with E-state index in [1.807, 2.05) is 15.9 Å². The molecule has 5 aliphatic heterocycles. The third-order valence-corrected chi connectivity index (χ3v) is 5.91. The molecule has 31 heavy (non-hydrogen) atoms. The van der Waals surface area contributed by atoms with Gasteiger partial charge in [-0.2, -0.15) is 0 Å². The number of aromatic nitrogens is 2. The van der Waals surface area contributed by atoms with Gasteiger partial charge in [-0.15, -0.1) is 5.10 Å². The molecule has 0 amide bonds. The van der Waals surface area contributed by atoms with E-state index in [0.29, 0.717) is 36.0 Å². The Hall–Kier alpha value is -3.60. The summed E-state index contributed by atoms with van der Waals surface area (Å²) in [6, 6.07) is 5.72. The molecule has 1 aromatic carbocycles. The topological polar surface area (TPSA) is 116 Å². The first-order valence-electron chi connectivity index (χ1n) is 9.99. The molecule has 1 aromatic heterocycles. The zero-order chi connectivity index (χ0) is 21.0. The maximum absolute atomic E-state index is 12.2. The van der Waals surface area contributed by atoms with E-state index in [1.165, 1.54) is 0 Å². The van der Waals surface area contributed by atoms with Crippen LogP contribution in [0.4, 0.5) is 6.01 Å². The first kappa shape index (κ1) is 18.2. The van der Waals surface area contributed by atoms with Gasteiger partial charge in [0.15, 0.2) is 11.5 Å². The first-order valence-corrected chi connectivity index (χ1v) is 9.99. The molecule has 0 unspecified atom stereocenters. The van der Waals surface area contributed by atoms with Crippen molar-refractivity contribution in [3.63, 3.8) is 0 Å². The summed E-state index contributed by atoms with van der Waals surface area (Å²) in [7, 11) is 0. The second-order valence-electron chi connectivity index (χ2n) is 7.69. The predicted molar refractivity (Wildman–Crippen MR) is 102 cm³/mol. The van der Waals surface area contributed by atoms with Crippen LogP contribution in [0.2, 0.25) is 0 Å². The fraction of sp³-hybridized carbons (Fsp3) is 0.400. The molecule has 11 heteroatoms. The Labute approximate surface area is 176 Å². The highest BCUT2D eigenvalue weighted by Crippen LogP contribution is 2.39. The molecule has 0 atom stereocenters. The van der Waals surface area contributed by atoms with E-state index < -0.39 is 17.8 Å². The van der Waals surface area contributed by atoms with Crippen molar-refractivity contribution < 1.29 is 33.0 Å². The van der Waals surface area contributed by atoms with Crippen LogP contribution in [-0.2, 0) is 19.1 Å². The number of benzene rings is 1. The monoisotopic (exact) mass is 426 g/mol. The summed E-state index contributed by atoms with van der Waals surface area (Å²) in [5, 5.41) is 8.42. The van der Waals surface area contributed by atoms with E-state index in [-0.39, 0.29) is 25.4 Å². The summed E-state index contributed by atoms with van der Waals surface area (Å²) >= 11 is 0. The number of hydrogen-bond acceptors (Lipinski definition) is 11. The SMILES string of the molecule is O=C1C=CC(=O)OC2(CN(c3nnc(-c4ccc5c(c4)OCO5)o3)C3CCN2CC3)O1. The minimum atomic E-state index is -1.55. The Balaban J connectivity index is 1.34. The van der Waals surface area contributed by atoms with Crippen molar-refractivity contribution in [1.29, 1.82) is 0 Å². The van der Waals surface area contributed by atoms with Gasteiger partial charge in [0.1, 0.15) is 6.54 Å². The van der Waals surface area contributed by atoms with Crippen molar-refractivity contribution in [2.24, 2.45) is 0 Å². The van der Waals surface area contributed by atoms with Crippen molar-refractivity contribution in [1.82, 2.24) is 15.1 Å². The molecule has 3 saturated heterocycles. The van der Waals surface area contributed by atoms with Crippen molar-refractivity contribution in [2.45, 2.75) is 24.8 Å². The molecule has 0 radical (unpaired) electrons. The largest absolute Gasteiger partial charge is 0.454 e. The van der Waals surface area contributed by atoms with Crippen LogP contribution in [0.3, 0.4) is 0 Å². The lowest BCUT2D eigenvalue weighted by Gasteiger charge is -2.39. The normalized spacial score (nSPS) is 25.9. The van der Waals surface area contributed by atoms with Crippen molar-refractivity contribution in [3.05, 3.63) is 30.4 Å². The number of nitrogens with zero attached hydrogens (tertiary/aromatic N) is 4. The molecular formula is C20H18N4O7. The fourth-order valence-electron chi connectivity index (χ4n) is 4.40. The standard InChI is InChI=1S/C20H18N4O7/c25-16-3-4-17(26)31-20(30-16)10-24(13-5-7-23(20)8-6-13)19-22-21-18(29-19)12-1-2-14-15(9-12)28-11-27-14/h1-4,9,13H,5-8,10-11H2. The summed E-state index contributed by atoms with van der Waals surface area (Å²) in [5.41, 5.74) is 0.692. The number of hydrogen-bond donors (Lipinski definition) is 0. The highest BCUT2D eigenvalue weighted by atomic mass is 16.8. The lowest BCUT2D eigenvalue weighted by Crippen LogP contribution is -2.58. The third kappa shape index (κ3) is 3.00. The molecule has 11 nitrogen and oxygen atoms in total. The fourth-order valence-corrected chi connectivity index (χ4v) is 4.40. The lowest BCUT2D eigenvalue weighted by molar-refractivity contribution is -0.274. The molecule has 5 aliphatic rings. The van der Waals surface area contributed by atoms with E-state index >= 15 is 0 Å². The molecule has 0 N–H and O–H groups in total. The van der Waals surface area contributed by atoms with Crippen LogP contribution in [0.15, 0.2) is 34.8 Å². The average molecular weight is 426 g/mol. The second-order valence-corrected chi connectivity index (χ2v) is 7.69. The van der Waals surface area contributed by atoms with Crippen LogP contribution in [0.5, 0.6) is 11.5 Å². The number of carbonyl (C=O) groups excluding carboxylic acids is 2. The number of fused-ring (bicyclic) bond motifs is 4. The minimum Gasteiger partial charge on any atom is -0.454 e. The van der Waals surface area contributed by atoms with E-state index in [9.17, 15) is 9.59 Å². The minimum absolute atomic E-state index is 0.0690. The van der Waals surface area contributed by atoms with Crippen LogP contribution in [0.1, 0.15) is 12.8 Å². The summed E-state index contributed by atoms with van der Waals surface area (Å²) in [6.45, 7) is 1.45. The number of piperidine rings is 1. The van der Waals surface area contributed by atoms with E-state index in [2.05, 4.69) is 10.2 Å². The number of ether oxygens (including phenoxy) is 4. The maximum Gasteiger partial charge on any atom is 0.339 e. The highest BCUT2D eigenvalue weighted by Gasteiger charge is 2.53. The van der Waals surface area contributed by atoms with Crippen molar-refractivity contribution in [3.8, 4) is 23.0 Å². The van der Waals surface area contributed by atoms with E-state index in [1.54, 1.807) is 12.1 Å². The average Bonchev–Trinajstić information content (AvgIpc) is 3.37. The van der Waals surface area contributed by atoms with Crippen LogP contribution < -0.4 is 14.4 Å². The zero-order valence-corrected chi connectivity index (χ0v) is 16.4. The van der Waals surface area contributed by atoms with Crippen molar-refractivity contribution in [2.75, 3.05) is 31.3 Å². The van der Waals surface area contributed by atoms with E-state index in [4.69, 9.17) is 23.4 Å². The van der Waals surface area contributed by atoms with Crippen LogP contribution in [-0.4, -0.2) is 65.4 Å². The van der Waals surface area contributed by atoms with Gasteiger partial charge < -0.3 is 28.3 Å². The number of anilines is 1. The summed E-state index contributed by atoms with van der Waals surface area (Å²) in [4.78, 5) is 28.0. The van der Waals surface area contributed by atoms with Gasteiger partial charge >= 0.3 is 23.9 Å². The van der Waals surface area contributed by atoms with Gasteiger partial charge in [0.25, 0.3) is 0 Å². The van der Waals surface area contributed by atoms with Crippen LogP contribution >= 0.6 is 0 Å². The molecule has 160 valence electrons. The van der Waals surface area contributed by atoms with Gasteiger partial charge in [0, 0.05) is 36.8 Å². The van der Waals surface area contributed by atoms with E-state index in [0.717, 1.165) is 25.0 Å². The summed E-state index contributed by atoms with van der Waals surface area (Å²) in [5.74, 6) is -1.23. The van der Waals surface area contributed by atoms with Gasteiger partial charge in [0.05, 0.1) is 0 Å². The van der Waals surface area contributed by atoms with Crippen LogP contribution in [0, 0.1) is 0 Å². The van der Waals surface area contributed by atoms with Gasteiger partial charge in [0.2, 0.25) is 12.7 Å². The van der Waals surface area contributed by atoms with Gasteiger partial charge in [-0.25, -0.2) is 14.5 Å². The molecule has 2 bridgehead atoms. The molecule has 7 rings (SSSR count). The van der Waals surface area contributed by atoms with Crippen molar-refractivity contribution >= 4 is 18.0 Å². The summed E-state index contributed by atoms with van der Waals surface area (Å²) < 4.78 is 28.0. The van der Waals surface area contributed by atoms with Gasteiger partial charge in [-0.05, 0) is 31.0 Å². The number of esters is 2. The molecule has 1 spiro atoms. The third-order valence-electron chi connectivity index (χ3n) is 5.91. The molecule has 2 aromatic rings. The molecule has 3 fully saturated rings. The van der Waals surface area contributed by atoms with Crippen LogP contribution in [0.25, 0.3) is 11.5 Å². The van der Waals surface area contributed by atoms with Gasteiger partial charge in [-0.1, -0.05) is 5.10 Å². The molecule has 0 saturated carbocycles. The number of carbonyl (C=O) groups is 2. The highest BCUT2D eigenvalue weighted by molar-refractivity contribution is 5.93. The lowest BCUT2D eigenvalue weighted by atomic mass is 10.1. The number of rotatable bonds is 2. The summed E-state index contributed by atoms with van der Waals surface area (Å²) in [6.07, 6.45) is 3.69. The molecule has 6 heterocycles. The smallest absolute Gasteiger partial charge is 0.339 e. The Bertz CT molecular complexity index is 1070. The first-order chi connectivity index (χ1) is 15.1. The Morgan fingerprint density at radius 2 is 1.71 bits per heavy atom. The predicted octanol–water partition coefficient (Wildman–Crippen LogP) is 1.06. The Morgan fingerprint density at radius 3 is 2.48 bits per heavy atom.